The van der Waals surface area contributed by atoms with E-state index in [0.717, 1.165) is 21.1 Å². The van der Waals surface area contributed by atoms with E-state index in [1.807, 2.05) is 32.0 Å². The van der Waals surface area contributed by atoms with Crippen LogP contribution in [0.15, 0.2) is 18.2 Å². The molecule has 0 fully saturated rings. The summed E-state index contributed by atoms with van der Waals surface area (Å²) in [4.78, 5) is 5.53. The summed E-state index contributed by atoms with van der Waals surface area (Å²) >= 11 is 7.67. The molecule has 102 valence electrons. The molecule has 2 aromatic rings. The first-order valence-electron chi connectivity index (χ1n) is 5.80. The lowest BCUT2D eigenvalue weighted by Crippen LogP contribution is -2.28. The molecule has 0 amide bonds. The van der Waals surface area contributed by atoms with Crippen molar-refractivity contribution >= 4 is 22.9 Å². The van der Waals surface area contributed by atoms with Crippen LogP contribution in [0.5, 0.6) is 5.75 Å². The van der Waals surface area contributed by atoms with Crippen molar-refractivity contribution in [2.24, 2.45) is 5.84 Å². The van der Waals surface area contributed by atoms with Crippen molar-refractivity contribution in [2.75, 3.05) is 7.11 Å². The Labute approximate surface area is 121 Å². The number of hydrazine groups is 1. The van der Waals surface area contributed by atoms with Crippen LogP contribution in [0, 0.1) is 13.8 Å². The predicted octanol–water partition coefficient (Wildman–Crippen LogP) is 2.97. The molecule has 1 aromatic heterocycles. The van der Waals surface area contributed by atoms with Gasteiger partial charge in [-0.15, -0.1) is 11.3 Å². The Balaban J connectivity index is 2.45. The van der Waals surface area contributed by atoms with Gasteiger partial charge in [0, 0.05) is 0 Å². The van der Waals surface area contributed by atoms with Crippen LogP contribution in [0.4, 0.5) is 0 Å². The average Bonchev–Trinajstić information content (AvgIpc) is 2.71. The second kappa shape index (κ2) is 5.88. The molecular formula is C13H16ClN3OS. The van der Waals surface area contributed by atoms with E-state index < -0.39 is 0 Å². The summed E-state index contributed by atoms with van der Waals surface area (Å²) in [5, 5.41) is 1.60. The van der Waals surface area contributed by atoms with Gasteiger partial charge in [-0.25, -0.2) is 10.4 Å². The van der Waals surface area contributed by atoms with E-state index in [9.17, 15) is 0 Å². The minimum Gasteiger partial charge on any atom is -0.495 e. The van der Waals surface area contributed by atoms with Gasteiger partial charge in [-0.05, 0) is 31.5 Å². The van der Waals surface area contributed by atoms with Crippen LogP contribution in [0.1, 0.15) is 27.2 Å². The second-order valence-electron chi connectivity index (χ2n) is 4.18. The molecule has 0 spiro atoms. The molecule has 0 bridgehead atoms. The third-order valence-electron chi connectivity index (χ3n) is 2.88. The summed E-state index contributed by atoms with van der Waals surface area (Å²) in [6.07, 6.45) is 0. The van der Waals surface area contributed by atoms with Crippen LogP contribution in [-0.4, -0.2) is 12.1 Å². The van der Waals surface area contributed by atoms with Crippen LogP contribution in [-0.2, 0) is 0 Å². The van der Waals surface area contributed by atoms with Gasteiger partial charge in [0.2, 0.25) is 0 Å². The van der Waals surface area contributed by atoms with Crippen LogP contribution in [0.25, 0.3) is 0 Å². The number of rotatable bonds is 4. The van der Waals surface area contributed by atoms with Gasteiger partial charge in [0.15, 0.2) is 0 Å². The van der Waals surface area contributed by atoms with Crippen molar-refractivity contribution in [3.63, 3.8) is 0 Å². The first-order valence-corrected chi connectivity index (χ1v) is 6.99. The highest BCUT2D eigenvalue weighted by Crippen LogP contribution is 2.33. The van der Waals surface area contributed by atoms with Gasteiger partial charge < -0.3 is 4.74 Å². The quantitative estimate of drug-likeness (QED) is 0.673. The van der Waals surface area contributed by atoms with E-state index in [1.165, 1.54) is 0 Å². The fraction of sp³-hybridized carbons (Fsp3) is 0.308. The SMILES string of the molecule is COc1cc(C(NN)c2sc(C)nc2C)ccc1Cl. The highest BCUT2D eigenvalue weighted by Gasteiger charge is 2.19. The maximum absolute atomic E-state index is 6.04. The summed E-state index contributed by atoms with van der Waals surface area (Å²) in [7, 11) is 1.60. The zero-order chi connectivity index (χ0) is 14.0. The fourth-order valence-electron chi connectivity index (χ4n) is 1.99. The number of hydrogen-bond donors (Lipinski definition) is 2. The number of thiazole rings is 1. The van der Waals surface area contributed by atoms with Crippen LogP contribution < -0.4 is 16.0 Å². The molecule has 0 saturated heterocycles. The van der Waals surface area contributed by atoms with E-state index in [2.05, 4.69) is 10.4 Å². The van der Waals surface area contributed by atoms with Crippen molar-refractivity contribution in [1.29, 1.82) is 0 Å². The number of benzene rings is 1. The number of halogens is 1. The highest BCUT2D eigenvalue weighted by atomic mass is 35.5. The molecule has 0 aliphatic rings. The topological polar surface area (TPSA) is 60.2 Å². The Kier molecular flexibility index (Phi) is 4.42. The molecule has 0 radical (unpaired) electrons. The number of nitrogens with zero attached hydrogens (tertiary/aromatic N) is 1. The molecule has 3 N–H and O–H groups in total. The molecule has 0 saturated carbocycles. The fourth-order valence-corrected chi connectivity index (χ4v) is 3.20. The molecule has 2 rings (SSSR count). The molecular weight excluding hydrogens is 282 g/mol. The Morgan fingerprint density at radius 3 is 2.68 bits per heavy atom. The van der Waals surface area contributed by atoms with Crippen molar-refractivity contribution in [3.05, 3.63) is 44.4 Å². The Hall–Kier alpha value is -1.14. The van der Waals surface area contributed by atoms with Gasteiger partial charge in [-0.1, -0.05) is 17.7 Å². The summed E-state index contributed by atoms with van der Waals surface area (Å²) < 4.78 is 5.24. The molecule has 0 aliphatic heterocycles. The number of methoxy groups -OCH3 is 1. The predicted molar refractivity (Wildman–Crippen MR) is 78.8 cm³/mol. The molecule has 1 aromatic carbocycles. The zero-order valence-corrected chi connectivity index (χ0v) is 12.6. The highest BCUT2D eigenvalue weighted by molar-refractivity contribution is 7.11. The van der Waals surface area contributed by atoms with Gasteiger partial charge in [-0.2, -0.15) is 0 Å². The van der Waals surface area contributed by atoms with E-state index >= 15 is 0 Å². The molecule has 1 unspecified atom stereocenters. The third-order valence-corrected chi connectivity index (χ3v) is 4.33. The first kappa shape index (κ1) is 14.3. The Bertz CT molecular complexity index is 585. The maximum atomic E-state index is 6.04. The number of nitrogens with two attached hydrogens (primary N) is 1. The Morgan fingerprint density at radius 1 is 1.42 bits per heavy atom. The summed E-state index contributed by atoms with van der Waals surface area (Å²) in [6.45, 7) is 3.97. The van der Waals surface area contributed by atoms with Crippen LogP contribution >= 0.6 is 22.9 Å². The van der Waals surface area contributed by atoms with Crippen LogP contribution in [0.3, 0.4) is 0 Å². The second-order valence-corrected chi connectivity index (χ2v) is 5.82. The lowest BCUT2D eigenvalue weighted by molar-refractivity contribution is 0.414. The molecule has 1 heterocycles. The third kappa shape index (κ3) is 2.90. The smallest absolute Gasteiger partial charge is 0.137 e. The lowest BCUT2D eigenvalue weighted by Gasteiger charge is -2.16. The van der Waals surface area contributed by atoms with Gasteiger partial charge in [0.25, 0.3) is 0 Å². The monoisotopic (exact) mass is 297 g/mol. The number of aryl methyl sites for hydroxylation is 2. The van der Waals surface area contributed by atoms with Crippen molar-refractivity contribution in [1.82, 2.24) is 10.4 Å². The summed E-state index contributed by atoms with van der Waals surface area (Å²) in [5.74, 6) is 6.34. The standard InChI is InChI=1S/C13H16ClN3OS/c1-7-13(19-8(2)16-7)12(17-15)9-4-5-10(14)11(6-9)18-3/h4-6,12,17H,15H2,1-3H3. The number of ether oxygens (including phenoxy) is 1. The summed E-state index contributed by atoms with van der Waals surface area (Å²) in [6, 6.07) is 5.52. The number of nitrogens with one attached hydrogen (secondary N) is 1. The van der Waals surface area contributed by atoms with Gasteiger partial charge in [0.1, 0.15) is 5.75 Å². The van der Waals surface area contributed by atoms with Gasteiger partial charge in [-0.3, -0.25) is 5.84 Å². The van der Waals surface area contributed by atoms with Crippen molar-refractivity contribution < 1.29 is 4.74 Å². The number of hydrogen-bond acceptors (Lipinski definition) is 5. The minimum absolute atomic E-state index is 0.114. The molecule has 4 nitrogen and oxygen atoms in total. The largest absolute Gasteiger partial charge is 0.495 e. The van der Waals surface area contributed by atoms with Crippen molar-refractivity contribution in [2.45, 2.75) is 19.9 Å². The molecule has 19 heavy (non-hydrogen) atoms. The minimum atomic E-state index is -0.114. The van der Waals surface area contributed by atoms with E-state index in [-0.39, 0.29) is 6.04 Å². The zero-order valence-electron chi connectivity index (χ0n) is 11.0. The van der Waals surface area contributed by atoms with Gasteiger partial charge in [0.05, 0.1) is 33.8 Å². The molecule has 0 aliphatic carbocycles. The lowest BCUT2D eigenvalue weighted by atomic mass is 10.0. The first-order chi connectivity index (χ1) is 9.06. The molecule has 6 heteroatoms. The normalized spacial score (nSPS) is 12.5. The van der Waals surface area contributed by atoms with Gasteiger partial charge >= 0.3 is 0 Å². The number of aromatic nitrogens is 1. The summed E-state index contributed by atoms with van der Waals surface area (Å²) in [5.41, 5.74) is 4.81. The van der Waals surface area contributed by atoms with Crippen molar-refractivity contribution in [3.8, 4) is 5.75 Å². The Morgan fingerprint density at radius 2 is 2.16 bits per heavy atom. The van der Waals surface area contributed by atoms with E-state index in [0.29, 0.717) is 10.8 Å². The van der Waals surface area contributed by atoms with Crippen LogP contribution in [0.2, 0.25) is 5.02 Å². The maximum Gasteiger partial charge on any atom is 0.137 e. The average molecular weight is 298 g/mol. The van der Waals surface area contributed by atoms with E-state index in [1.54, 1.807) is 18.4 Å². The van der Waals surface area contributed by atoms with E-state index in [4.69, 9.17) is 22.2 Å². The molecule has 1 atom stereocenters.